The lowest BCUT2D eigenvalue weighted by molar-refractivity contribution is 0.100. The van der Waals surface area contributed by atoms with E-state index in [0.29, 0.717) is 31.6 Å². The third-order valence-corrected chi connectivity index (χ3v) is 5.41. The number of halogens is 3. The Balaban J connectivity index is 1.79. The van der Waals surface area contributed by atoms with Crippen LogP contribution in [0.15, 0.2) is 36.4 Å². The van der Waals surface area contributed by atoms with E-state index in [1.54, 1.807) is 23.1 Å². The van der Waals surface area contributed by atoms with Crippen molar-refractivity contribution < 1.29 is 22.7 Å². The number of hydrogen-bond donors (Lipinski definition) is 2. The summed E-state index contributed by atoms with van der Waals surface area (Å²) < 4.78 is 48.1. The highest BCUT2D eigenvalue weighted by Gasteiger charge is 2.29. The number of amides is 1. The Kier molecular flexibility index (Phi) is 5.83. The molecule has 1 atom stereocenters. The average Bonchev–Trinajstić information content (AvgIpc) is 3.15. The molecule has 1 aromatic heterocycles. The minimum absolute atomic E-state index is 0.0242. The number of nitrogens with two attached hydrogens (primary N) is 2. The summed E-state index contributed by atoms with van der Waals surface area (Å²) in [6.07, 6.45) is 3.51. The van der Waals surface area contributed by atoms with Crippen LogP contribution < -0.4 is 16.2 Å². The summed E-state index contributed by atoms with van der Waals surface area (Å²) in [5, 5.41) is 13.7. The van der Waals surface area contributed by atoms with Gasteiger partial charge in [0.2, 0.25) is 0 Å². The molecule has 1 aliphatic rings. The van der Waals surface area contributed by atoms with Crippen molar-refractivity contribution in [2.75, 3.05) is 18.8 Å². The van der Waals surface area contributed by atoms with Crippen LogP contribution in [-0.2, 0) is 0 Å². The van der Waals surface area contributed by atoms with E-state index in [1.807, 2.05) is 0 Å². The van der Waals surface area contributed by atoms with Crippen LogP contribution in [0.5, 0.6) is 11.5 Å². The molecule has 1 aliphatic heterocycles. The van der Waals surface area contributed by atoms with Crippen molar-refractivity contribution in [3.8, 4) is 28.9 Å². The van der Waals surface area contributed by atoms with Crippen molar-refractivity contribution in [3.05, 3.63) is 59.4 Å². The largest absolute Gasteiger partial charge is 0.453 e. The zero-order valence-electron chi connectivity index (χ0n) is 17.3. The highest BCUT2D eigenvalue weighted by Crippen LogP contribution is 2.38. The first-order valence-corrected chi connectivity index (χ1v) is 10.0. The Morgan fingerprint density at radius 2 is 1.88 bits per heavy atom. The fourth-order valence-corrected chi connectivity index (χ4v) is 3.85. The van der Waals surface area contributed by atoms with Crippen LogP contribution in [0.25, 0.3) is 11.3 Å². The molecule has 0 saturated carbocycles. The molecule has 2 heterocycles. The highest BCUT2D eigenvalue weighted by molar-refractivity contribution is 6.03. The fraction of sp³-hybridized carbons (Fsp3) is 0.227. The van der Waals surface area contributed by atoms with Gasteiger partial charge in [-0.25, -0.2) is 17.9 Å². The number of rotatable bonds is 5. The van der Waals surface area contributed by atoms with Crippen LogP contribution >= 0.6 is 0 Å². The molecule has 33 heavy (non-hydrogen) atoms. The zero-order chi connectivity index (χ0) is 23.7. The average molecular weight is 456 g/mol. The normalized spacial score (nSPS) is 15.8. The number of hydrogen-bond acceptors (Lipinski definition) is 6. The zero-order valence-corrected chi connectivity index (χ0v) is 17.3. The van der Waals surface area contributed by atoms with E-state index >= 15 is 0 Å². The van der Waals surface area contributed by atoms with E-state index in [-0.39, 0.29) is 34.4 Å². The maximum atomic E-state index is 14.2. The number of nitrogen functional groups attached to an aromatic ring is 1. The smallest absolute Gasteiger partial charge is 0.254 e. The Morgan fingerprint density at radius 3 is 2.61 bits per heavy atom. The Hall–Kier alpha value is -4.20. The monoisotopic (exact) mass is 456 g/mol. The first kappa shape index (κ1) is 22.0. The number of primary amides is 1. The third kappa shape index (κ3) is 4.15. The Labute approximate surface area is 186 Å². The van der Waals surface area contributed by atoms with Crippen LogP contribution in [0.1, 0.15) is 29.2 Å². The molecule has 170 valence electrons. The number of para-hydroxylation sites is 1. The number of carbonyl (C=O) groups is 1. The molecule has 1 saturated heterocycles. The number of aromatic nitrogens is 2. The standard InChI is InChI=1S/C22H19F3N6O2/c23-14-8-16(25)18(9-15(14)24)33-17-6-2-1-5-13(17)20-19(22(28)32)21(27)31(29-20)12-4-3-7-30(10-12)11-26/h1-2,5-6,8-9,12H,3-4,7,10,27H2,(H2,28,32). The first-order valence-electron chi connectivity index (χ1n) is 10.0. The summed E-state index contributed by atoms with van der Waals surface area (Å²) in [5.41, 5.74) is 12.1. The van der Waals surface area contributed by atoms with E-state index in [9.17, 15) is 23.2 Å². The van der Waals surface area contributed by atoms with Gasteiger partial charge in [0.05, 0.1) is 12.6 Å². The first-order chi connectivity index (χ1) is 15.8. The molecule has 0 aliphatic carbocycles. The van der Waals surface area contributed by atoms with Crippen molar-refractivity contribution >= 4 is 11.7 Å². The maximum Gasteiger partial charge on any atom is 0.254 e. The molecule has 1 amide bonds. The fourth-order valence-electron chi connectivity index (χ4n) is 3.85. The van der Waals surface area contributed by atoms with Gasteiger partial charge in [0.25, 0.3) is 5.91 Å². The lowest BCUT2D eigenvalue weighted by Gasteiger charge is -2.29. The number of piperidine rings is 1. The molecule has 4 rings (SSSR count). The maximum absolute atomic E-state index is 14.2. The predicted octanol–water partition coefficient (Wildman–Crippen LogP) is 3.56. The second-order valence-corrected chi connectivity index (χ2v) is 7.55. The Morgan fingerprint density at radius 1 is 1.15 bits per heavy atom. The van der Waals surface area contributed by atoms with Gasteiger partial charge < -0.3 is 21.1 Å². The van der Waals surface area contributed by atoms with E-state index in [4.69, 9.17) is 16.2 Å². The van der Waals surface area contributed by atoms with E-state index in [1.165, 1.54) is 10.7 Å². The van der Waals surface area contributed by atoms with Gasteiger partial charge in [0, 0.05) is 24.2 Å². The van der Waals surface area contributed by atoms with Crippen molar-refractivity contribution in [1.29, 1.82) is 5.26 Å². The second-order valence-electron chi connectivity index (χ2n) is 7.55. The minimum atomic E-state index is -1.35. The molecule has 1 unspecified atom stereocenters. The quantitative estimate of drug-likeness (QED) is 0.447. The van der Waals surface area contributed by atoms with Crippen LogP contribution in [0.4, 0.5) is 19.0 Å². The topological polar surface area (TPSA) is 123 Å². The Bertz CT molecular complexity index is 1270. The summed E-state index contributed by atoms with van der Waals surface area (Å²) in [6.45, 7) is 0.971. The van der Waals surface area contributed by atoms with Crippen molar-refractivity contribution in [2.24, 2.45) is 5.73 Å². The molecular formula is C22H19F3N6O2. The van der Waals surface area contributed by atoms with E-state index < -0.39 is 29.1 Å². The van der Waals surface area contributed by atoms with Crippen molar-refractivity contribution in [3.63, 3.8) is 0 Å². The molecule has 8 nitrogen and oxygen atoms in total. The van der Waals surface area contributed by atoms with Gasteiger partial charge in [-0.05, 0) is 25.0 Å². The molecule has 1 fully saturated rings. The van der Waals surface area contributed by atoms with Gasteiger partial charge in [-0.3, -0.25) is 4.79 Å². The predicted molar refractivity (Wildman–Crippen MR) is 112 cm³/mol. The van der Waals surface area contributed by atoms with Crippen molar-refractivity contribution in [1.82, 2.24) is 14.7 Å². The molecule has 11 heteroatoms. The number of nitrogens with zero attached hydrogens (tertiary/aromatic N) is 4. The van der Waals surface area contributed by atoms with Crippen LogP contribution in [-0.4, -0.2) is 33.7 Å². The molecule has 3 aromatic rings. The highest BCUT2D eigenvalue weighted by atomic mass is 19.2. The summed E-state index contributed by atoms with van der Waals surface area (Å²) in [7, 11) is 0. The lowest BCUT2D eigenvalue weighted by atomic mass is 10.1. The van der Waals surface area contributed by atoms with Crippen LogP contribution in [0, 0.1) is 28.9 Å². The summed E-state index contributed by atoms with van der Waals surface area (Å²) in [5.74, 6) is -5.08. The number of benzene rings is 2. The van der Waals surface area contributed by atoms with Crippen molar-refractivity contribution in [2.45, 2.75) is 18.9 Å². The van der Waals surface area contributed by atoms with Gasteiger partial charge in [0.15, 0.2) is 29.4 Å². The number of anilines is 1. The number of nitriles is 1. The minimum Gasteiger partial charge on any atom is -0.453 e. The SMILES string of the molecule is N#CN1CCCC(n2nc(-c3ccccc3Oc3cc(F)c(F)cc3F)c(C(N)=O)c2N)C1. The van der Waals surface area contributed by atoms with Crippen LogP contribution in [0.2, 0.25) is 0 Å². The number of ether oxygens (including phenoxy) is 1. The van der Waals surface area contributed by atoms with E-state index in [2.05, 4.69) is 11.3 Å². The number of likely N-dealkylation sites (tertiary alicyclic amines) is 1. The molecule has 0 radical (unpaired) electrons. The summed E-state index contributed by atoms with van der Waals surface area (Å²) in [4.78, 5) is 13.8. The van der Waals surface area contributed by atoms with Gasteiger partial charge in [0.1, 0.15) is 22.8 Å². The lowest BCUT2D eigenvalue weighted by Crippen LogP contribution is -2.34. The molecule has 0 bridgehead atoms. The molecule has 2 aromatic carbocycles. The summed E-state index contributed by atoms with van der Waals surface area (Å²) >= 11 is 0. The van der Waals surface area contributed by atoms with Gasteiger partial charge >= 0.3 is 0 Å². The van der Waals surface area contributed by atoms with Crippen LogP contribution in [0.3, 0.4) is 0 Å². The third-order valence-electron chi connectivity index (χ3n) is 5.41. The van der Waals surface area contributed by atoms with Gasteiger partial charge in [-0.2, -0.15) is 10.4 Å². The summed E-state index contributed by atoms with van der Waals surface area (Å²) in [6, 6.07) is 6.89. The molecule has 4 N–H and O–H groups in total. The molecule has 0 spiro atoms. The second kappa shape index (κ2) is 8.74. The van der Waals surface area contributed by atoms with E-state index in [0.717, 1.165) is 6.42 Å². The van der Waals surface area contributed by atoms with Gasteiger partial charge in [-0.1, -0.05) is 12.1 Å². The number of carbonyl (C=O) groups excluding carboxylic acids is 1. The van der Waals surface area contributed by atoms with Gasteiger partial charge in [-0.15, -0.1) is 0 Å². The molecular weight excluding hydrogens is 437 g/mol.